The molecule has 2 aromatic carbocycles. The lowest BCUT2D eigenvalue weighted by molar-refractivity contribution is -0.124. The van der Waals surface area contributed by atoms with Gasteiger partial charge in [0.1, 0.15) is 6.61 Å². The molecule has 0 radical (unpaired) electrons. The minimum absolute atomic E-state index is 0.247. The van der Waals surface area contributed by atoms with Crippen LogP contribution in [0.25, 0.3) is 17.0 Å². The minimum atomic E-state index is -0.571. The Morgan fingerprint density at radius 1 is 1.00 bits per heavy atom. The third kappa shape index (κ3) is 8.77. The first-order valence-corrected chi connectivity index (χ1v) is 12.9. The summed E-state index contributed by atoms with van der Waals surface area (Å²) < 4.78 is 5.64. The molecule has 8 heteroatoms. The van der Waals surface area contributed by atoms with Gasteiger partial charge < -0.3 is 14.6 Å². The van der Waals surface area contributed by atoms with Crippen LogP contribution in [0.5, 0.6) is 0 Å². The van der Waals surface area contributed by atoms with Gasteiger partial charge in [-0.05, 0) is 48.1 Å². The summed E-state index contributed by atoms with van der Waals surface area (Å²) in [5.74, 6) is -0.571. The predicted octanol–water partition coefficient (Wildman–Crippen LogP) is 4.99. The maximum absolute atomic E-state index is 12.6. The molecule has 8 nitrogen and oxygen atoms in total. The molecule has 0 spiro atoms. The molecule has 37 heavy (non-hydrogen) atoms. The van der Waals surface area contributed by atoms with Gasteiger partial charge in [0, 0.05) is 55.9 Å². The fourth-order valence-corrected chi connectivity index (χ4v) is 4.28. The van der Waals surface area contributed by atoms with Crippen LogP contribution in [0.3, 0.4) is 0 Å². The van der Waals surface area contributed by atoms with Crippen molar-refractivity contribution in [1.29, 1.82) is 0 Å². The number of aromatic nitrogens is 1. The van der Waals surface area contributed by atoms with Crippen molar-refractivity contribution in [2.24, 2.45) is 0 Å². The first-order chi connectivity index (χ1) is 18.0. The average molecular weight is 507 g/mol. The Morgan fingerprint density at radius 2 is 1.73 bits per heavy atom. The molecule has 3 rings (SSSR count). The zero-order chi connectivity index (χ0) is 26.5. The molecule has 0 atom stereocenters. The van der Waals surface area contributed by atoms with E-state index in [2.05, 4.69) is 48.1 Å². The number of fused-ring (bicyclic) bond motifs is 1. The maximum atomic E-state index is 12.6. The third-order valence-corrected chi connectivity index (χ3v) is 6.17. The zero-order valence-corrected chi connectivity index (χ0v) is 21.8. The van der Waals surface area contributed by atoms with Crippen LogP contribution >= 0.6 is 0 Å². The maximum Gasteiger partial charge on any atom is 0.409 e. The number of para-hydroxylation sites is 1. The largest absolute Gasteiger partial charge is 0.448 e. The SMILES string of the molecule is CCCN(CCC)C(=O)OCCN(CCc1c[nH]c2ccccc12)Cc1ccc(/C=C/C(=O)NO)cc1. The number of amides is 2. The van der Waals surface area contributed by atoms with Crippen LogP contribution < -0.4 is 5.48 Å². The van der Waals surface area contributed by atoms with E-state index in [1.54, 1.807) is 16.5 Å². The molecule has 0 aliphatic heterocycles. The fourth-order valence-electron chi connectivity index (χ4n) is 4.28. The van der Waals surface area contributed by atoms with Crippen LogP contribution in [-0.4, -0.2) is 64.8 Å². The number of rotatable bonds is 14. The number of hydrogen-bond acceptors (Lipinski definition) is 5. The van der Waals surface area contributed by atoms with Gasteiger partial charge in [0.2, 0.25) is 0 Å². The van der Waals surface area contributed by atoms with Gasteiger partial charge in [-0.1, -0.05) is 56.3 Å². The summed E-state index contributed by atoms with van der Waals surface area (Å²) in [6.07, 6.45) is 7.42. The van der Waals surface area contributed by atoms with E-state index >= 15 is 0 Å². The number of ether oxygens (including phenoxy) is 1. The molecule has 0 fully saturated rings. The number of hydroxylamine groups is 1. The number of hydrogen-bond donors (Lipinski definition) is 3. The summed E-state index contributed by atoms with van der Waals surface area (Å²) >= 11 is 0. The van der Waals surface area contributed by atoms with E-state index in [9.17, 15) is 9.59 Å². The van der Waals surface area contributed by atoms with Gasteiger partial charge in [-0.25, -0.2) is 10.3 Å². The van der Waals surface area contributed by atoms with Crippen molar-refractivity contribution in [3.63, 3.8) is 0 Å². The number of nitrogens with zero attached hydrogens (tertiary/aromatic N) is 2. The van der Waals surface area contributed by atoms with Crippen molar-refractivity contribution in [3.05, 3.63) is 77.5 Å². The second-order valence-electron chi connectivity index (χ2n) is 9.04. The Bertz CT molecular complexity index is 1150. The number of benzene rings is 2. The first-order valence-electron chi connectivity index (χ1n) is 12.9. The number of H-pyrrole nitrogens is 1. The van der Waals surface area contributed by atoms with Crippen molar-refractivity contribution in [2.75, 3.05) is 32.8 Å². The summed E-state index contributed by atoms with van der Waals surface area (Å²) in [6, 6.07) is 16.2. The van der Waals surface area contributed by atoms with Gasteiger partial charge >= 0.3 is 6.09 Å². The molecule has 2 amide bonds. The molecular formula is C29H38N4O4. The number of aromatic amines is 1. The van der Waals surface area contributed by atoms with E-state index in [-0.39, 0.29) is 6.09 Å². The van der Waals surface area contributed by atoms with Gasteiger partial charge in [-0.2, -0.15) is 0 Å². The Morgan fingerprint density at radius 3 is 2.43 bits per heavy atom. The molecule has 1 heterocycles. The van der Waals surface area contributed by atoms with Crippen LogP contribution in [-0.2, 0) is 22.5 Å². The van der Waals surface area contributed by atoms with E-state index in [4.69, 9.17) is 9.94 Å². The summed E-state index contributed by atoms with van der Waals surface area (Å²) in [5.41, 5.74) is 5.95. The summed E-state index contributed by atoms with van der Waals surface area (Å²) in [7, 11) is 0. The fraction of sp³-hybridized carbons (Fsp3) is 0.379. The van der Waals surface area contributed by atoms with Crippen LogP contribution in [0.15, 0.2) is 60.8 Å². The van der Waals surface area contributed by atoms with Crippen molar-refractivity contribution >= 4 is 29.0 Å². The van der Waals surface area contributed by atoms with Gasteiger partial charge in [-0.15, -0.1) is 0 Å². The Kier molecular flexibility index (Phi) is 11.2. The smallest absolute Gasteiger partial charge is 0.409 e. The lowest BCUT2D eigenvalue weighted by Gasteiger charge is -2.24. The quantitative estimate of drug-likeness (QED) is 0.163. The molecule has 198 valence electrons. The highest BCUT2D eigenvalue weighted by molar-refractivity contribution is 5.90. The second-order valence-corrected chi connectivity index (χ2v) is 9.04. The summed E-state index contributed by atoms with van der Waals surface area (Å²) in [4.78, 5) is 31.2. The lowest BCUT2D eigenvalue weighted by atomic mass is 10.1. The van der Waals surface area contributed by atoms with Gasteiger partial charge in [0.05, 0.1) is 0 Å². The van der Waals surface area contributed by atoms with Crippen molar-refractivity contribution in [1.82, 2.24) is 20.3 Å². The van der Waals surface area contributed by atoms with E-state index in [0.717, 1.165) is 42.5 Å². The van der Waals surface area contributed by atoms with E-state index < -0.39 is 5.91 Å². The normalized spacial score (nSPS) is 11.4. The summed E-state index contributed by atoms with van der Waals surface area (Å²) in [5, 5.41) is 9.86. The predicted molar refractivity (Wildman–Crippen MR) is 146 cm³/mol. The van der Waals surface area contributed by atoms with Gasteiger partial charge in [-0.3, -0.25) is 14.9 Å². The third-order valence-electron chi connectivity index (χ3n) is 6.17. The number of carbonyl (C=O) groups is 2. The van der Waals surface area contributed by atoms with Crippen LogP contribution in [0.2, 0.25) is 0 Å². The monoisotopic (exact) mass is 506 g/mol. The molecule has 0 saturated carbocycles. The average Bonchev–Trinajstić information content (AvgIpc) is 3.33. The highest BCUT2D eigenvalue weighted by Crippen LogP contribution is 2.19. The topological polar surface area (TPSA) is 97.9 Å². The van der Waals surface area contributed by atoms with Crippen LogP contribution in [0.4, 0.5) is 4.79 Å². The van der Waals surface area contributed by atoms with Crippen molar-refractivity contribution in [3.8, 4) is 0 Å². The summed E-state index contributed by atoms with van der Waals surface area (Å²) in [6.45, 7) is 8.00. The molecule has 1 aromatic heterocycles. The molecule has 0 unspecified atom stereocenters. The van der Waals surface area contributed by atoms with Crippen LogP contribution in [0.1, 0.15) is 43.4 Å². The standard InChI is InChI=1S/C29H38N4O4/c1-3-16-33(17-4-2)29(35)37-20-19-32(18-15-25-21-30-27-8-6-5-7-26(25)27)22-24-11-9-23(10-12-24)13-14-28(34)31-36/h5-14,21,30,36H,3-4,15-20,22H2,1-2H3,(H,31,34)/b14-13+. The lowest BCUT2D eigenvalue weighted by Crippen LogP contribution is -2.35. The molecule has 0 saturated heterocycles. The highest BCUT2D eigenvalue weighted by Gasteiger charge is 2.15. The molecule has 3 aromatic rings. The Balaban J connectivity index is 1.64. The molecule has 3 N–H and O–H groups in total. The molecular weight excluding hydrogens is 468 g/mol. The molecule has 0 aliphatic carbocycles. The molecule has 0 bridgehead atoms. The van der Waals surface area contributed by atoms with E-state index in [1.807, 2.05) is 30.3 Å². The van der Waals surface area contributed by atoms with Crippen molar-refractivity contribution in [2.45, 2.75) is 39.7 Å². The Hall–Kier alpha value is -3.62. The highest BCUT2D eigenvalue weighted by atomic mass is 16.6. The number of nitrogens with one attached hydrogen (secondary N) is 2. The molecule has 0 aliphatic rings. The number of carbonyl (C=O) groups excluding carboxylic acids is 2. The first kappa shape index (κ1) is 28.0. The Labute approximate surface area is 218 Å². The van der Waals surface area contributed by atoms with Crippen LogP contribution in [0, 0.1) is 0 Å². The van der Waals surface area contributed by atoms with E-state index in [1.165, 1.54) is 17.0 Å². The van der Waals surface area contributed by atoms with Crippen molar-refractivity contribution < 1.29 is 19.5 Å². The van der Waals surface area contributed by atoms with Gasteiger partial charge in [0.25, 0.3) is 5.91 Å². The zero-order valence-electron chi connectivity index (χ0n) is 21.8. The van der Waals surface area contributed by atoms with E-state index in [0.29, 0.717) is 32.8 Å². The minimum Gasteiger partial charge on any atom is -0.448 e. The van der Waals surface area contributed by atoms with Gasteiger partial charge in [0.15, 0.2) is 0 Å². The second kappa shape index (κ2) is 14.8.